The van der Waals surface area contributed by atoms with Gasteiger partial charge in [0.25, 0.3) is 0 Å². The number of halogens is 3. The molecule has 0 saturated carbocycles. The van der Waals surface area contributed by atoms with Crippen LogP contribution in [0.3, 0.4) is 0 Å². The molecule has 0 aliphatic carbocycles. The van der Waals surface area contributed by atoms with Crippen LogP contribution in [0.25, 0.3) is 0 Å². The van der Waals surface area contributed by atoms with Crippen molar-refractivity contribution < 1.29 is 13.6 Å². The largest absolute Gasteiger partial charge is 0.325 e. The van der Waals surface area contributed by atoms with Gasteiger partial charge in [-0.3, -0.25) is 4.79 Å². The number of anilines is 1. The van der Waals surface area contributed by atoms with Gasteiger partial charge in [0.2, 0.25) is 5.91 Å². The summed E-state index contributed by atoms with van der Waals surface area (Å²) in [6.07, 6.45) is 0.236. The summed E-state index contributed by atoms with van der Waals surface area (Å²) in [6.45, 7) is 1.95. The van der Waals surface area contributed by atoms with Gasteiger partial charge >= 0.3 is 0 Å². The third kappa shape index (κ3) is 4.36. The molecule has 2 aromatic carbocycles. The Balaban J connectivity index is 1.97. The molecule has 0 atom stereocenters. The Kier molecular flexibility index (Phi) is 5.07. The molecule has 110 valence electrons. The first-order valence-corrected chi connectivity index (χ1v) is 7.25. The molecule has 1 N–H and O–H groups in total. The Morgan fingerprint density at radius 3 is 2.67 bits per heavy atom. The molecule has 1 amide bonds. The summed E-state index contributed by atoms with van der Waals surface area (Å²) >= 11 is 3.37. The molecule has 21 heavy (non-hydrogen) atoms. The molecule has 5 heteroatoms. The zero-order valence-corrected chi connectivity index (χ0v) is 13.0. The lowest BCUT2D eigenvalue weighted by Crippen LogP contribution is -2.13. The van der Waals surface area contributed by atoms with E-state index < -0.39 is 11.6 Å². The highest BCUT2D eigenvalue weighted by molar-refractivity contribution is 9.10. The minimum atomic E-state index is -0.506. The molecule has 0 unspecified atom stereocenters. The molecule has 2 nitrogen and oxygen atoms in total. The Morgan fingerprint density at radius 2 is 1.95 bits per heavy atom. The van der Waals surface area contributed by atoms with Gasteiger partial charge in [-0.15, -0.1) is 0 Å². The molecule has 0 heterocycles. The Morgan fingerprint density at radius 1 is 1.19 bits per heavy atom. The van der Waals surface area contributed by atoms with Crippen molar-refractivity contribution in [2.45, 2.75) is 19.8 Å². The van der Waals surface area contributed by atoms with E-state index >= 15 is 0 Å². The second-order valence-electron chi connectivity index (χ2n) is 4.77. The molecule has 2 rings (SSSR count). The summed E-state index contributed by atoms with van der Waals surface area (Å²) in [4.78, 5) is 11.9. The topological polar surface area (TPSA) is 29.1 Å². The molecule has 0 aliphatic heterocycles. The minimum absolute atomic E-state index is 0.0840. The van der Waals surface area contributed by atoms with E-state index in [1.807, 2.05) is 19.1 Å². The maximum Gasteiger partial charge on any atom is 0.224 e. The summed E-state index contributed by atoms with van der Waals surface area (Å²) in [5, 5.41) is 2.74. The first-order valence-electron chi connectivity index (χ1n) is 6.45. The number of hydrogen-bond donors (Lipinski definition) is 1. The average Bonchev–Trinajstić information content (AvgIpc) is 2.43. The van der Waals surface area contributed by atoms with Crippen molar-refractivity contribution in [3.8, 4) is 0 Å². The first kappa shape index (κ1) is 15.6. The van der Waals surface area contributed by atoms with Gasteiger partial charge in [0.15, 0.2) is 0 Å². The fourth-order valence-corrected chi connectivity index (χ4v) is 2.51. The number of amides is 1. The van der Waals surface area contributed by atoms with Gasteiger partial charge in [0, 0.05) is 10.9 Å². The van der Waals surface area contributed by atoms with Crippen LogP contribution in [0.4, 0.5) is 14.5 Å². The van der Waals surface area contributed by atoms with Gasteiger partial charge in [-0.1, -0.05) is 6.07 Å². The van der Waals surface area contributed by atoms with Crippen LogP contribution in [0.5, 0.6) is 0 Å². The SMILES string of the molecule is Cc1ccc(NC(=O)CCc2cc(F)ccc2F)c(Br)c1. The standard InChI is InChI=1S/C16H14BrF2NO/c1-10-2-6-15(13(17)8-10)20-16(21)7-3-11-9-12(18)4-5-14(11)19/h2,4-6,8-9H,3,7H2,1H3,(H,20,21). The number of nitrogens with one attached hydrogen (secondary N) is 1. The summed E-state index contributed by atoms with van der Waals surface area (Å²) < 4.78 is 27.3. The molecule has 0 aromatic heterocycles. The summed E-state index contributed by atoms with van der Waals surface area (Å²) in [7, 11) is 0. The highest BCUT2D eigenvalue weighted by Crippen LogP contribution is 2.23. The third-order valence-electron chi connectivity index (χ3n) is 3.03. The summed E-state index contributed by atoms with van der Waals surface area (Å²) in [6, 6.07) is 8.81. The second kappa shape index (κ2) is 6.80. The summed E-state index contributed by atoms with van der Waals surface area (Å²) in [5.41, 5.74) is 1.93. The van der Waals surface area contributed by atoms with Gasteiger partial charge in [-0.2, -0.15) is 0 Å². The molecule has 0 radical (unpaired) electrons. The van der Waals surface area contributed by atoms with Crippen molar-refractivity contribution >= 4 is 27.5 Å². The number of carbonyl (C=O) groups is 1. The van der Waals surface area contributed by atoms with Gasteiger partial charge < -0.3 is 5.32 Å². The molecule has 0 spiro atoms. The van der Waals surface area contributed by atoms with Crippen LogP contribution >= 0.6 is 15.9 Å². The quantitative estimate of drug-likeness (QED) is 0.854. The lowest BCUT2D eigenvalue weighted by Gasteiger charge is -2.08. The second-order valence-corrected chi connectivity index (χ2v) is 5.62. The van der Waals surface area contributed by atoms with Crippen molar-refractivity contribution in [1.82, 2.24) is 0 Å². The van der Waals surface area contributed by atoms with E-state index in [9.17, 15) is 13.6 Å². The van der Waals surface area contributed by atoms with Crippen LogP contribution in [-0.2, 0) is 11.2 Å². The monoisotopic (exact) mass is 353 g/mol. The molecular formula is C16H14BrF2NO. The minimum Gasteiger partial charge on any atom is -0.325 e. The predicted octanol–water partition coefficient (Wildman–Crippen LogP) is 4.61. The van der Waals surface area contributed by atoms with E-state index in [0.29, 0.717) is 5.69 Å². The molecule has 0 aliphatic rings. The predicted molar refractivity (Wildman–Crippen MR) is 82.2 cm³/mol. The number of hydrogen-bond acceptors (Lipinski definition) is 1. The highest BCUT2D eigenvalue weighted by atomic mass is 79.9. The lowest BCUT2D eigenvalue weighted by molar-refractivity contribution is -0.116. The Hall–Kier alpha value is -1.75. The fourth-order valence-electron chi connectivity index (χ4n) is 1.92. The number of rotatable bonds is 4. The van der Waals surface area contributed by atoms with Crippen LogP contribution in [0, 0.1) is 18.6 Å². The van der Waals surface area contributed by atoms with Crippen LogP contribution in [-0.4, -0.2) is 5.91 Å². The maximum atomic E-state index is 13.4. The van der Waals surface area contributed by atoms with E-state index in [1.165, 1.54) is 0 Å². The van der Waals surface area contributed by atoms with E-state index in [-0.39, 0.29) is 24.3 Å². The van der Waals surface area contributed by atoms with Crippen molar-refractivity contribution in [2.24, 2.45) is 0 Å². The Labute approximate surface area is 130 Å². The zero-order valence-electron chi connectivity index (χ0n) is 11.4. The average molecular weight is 354 g/mol. The number of carbonyl (C=O) groups excluding carboxylic acids is 1. The smallest absolute Gasteiger partial charge is 0.224 e. The fraction of sp³-hybridized carbons (Fsp3) is 0.188. The van der Waals surface area contributed by atoms with Gasteiger partial charge in [-0.25, -0.2) is 8.78 Å². The third-order valence-corrected chi connectivity index (χ3v) is 3.68. The van der Waals surface area contributed by atoms with Crippen LogP contribution in [0.1, 0.15) is 17.5 Å². The van der Waals surface area contributed by atoms with Crippen molar-refractivity contribution in [3.63, 3.8) is 0 Å². The normalized spacial score (nSPS) is 10.5. The van der Waals surface area contributed by atoms with E-state index in [4.69, 9.17) is 0 Å². The van der Waals surface area contributed by atoms with Crippen LogP contribution in [0.2, 0.25) is 0 Å². The van der Waals surface area contributed by atoms with Crippen LogP contribution in [0.15, 0.2) is 40.9 Å². The molecule has 2 aromatic rings. The lowest BCUT2D eigenvalue weighted by atomic mass is 10.1. The van der Waals surface area contributed by atoms with Crippen LogP contribution < -0.4 is 5.32 Å². The van der Waals surface area contributed by atoms with Gasteiger partial charge in [0.05, 0.1) is 5.69 Å². The number of aryl methyl sites for hydroxylation is 2. The zero-order chi connectivity index (χ0) is 15.4. The molecule has 0 fully saturated rings. The molecule has 0 saturated heterocycles. The molecular weight excluding hydrogens is 340 g/mol. The van der Waals surface area contributed by atoms with E-state index in [2.05, 4.69) is 21.2 Å². The van der Waals surface area contributed by atoms with Crippen molar-refractivity contribution in [3.05, 3.63) is 63.6 Å². The van der Waals surface area contributed by atoms with Crippen molar-refractivity contribution in [2.75, 3.05) is 5.32 Å². The van der Waals surface area contributed by atoms with Crippen molar-refractivity contribution in [1.29, 1.82) is 0 Å². The van der Waals surface area contributed by atoms with E-state index in [0.717, 1.165) is 28.2 Å². The first-order chi connectivity index (χ1) is 9.95. The maximum absolute atomic E-state index is 13.4. The number of benzene rings is 2. The van der Waals surface area contributed by atoms with Gasteiger partial charge in [-0.05, 0) is 70.7 Å². The van der Waals surface area contributed by atoms with Gasteiger partial charge in [0.1, 0.15) is 11.6 Å². The molecule has 0 bridgehead atoms. The highest BCUT2D eigenvalue weighted by Gasteiger charge is 2.09. The summed E-state index contributed by atoms with van der Waals surface area (Å²) in [5.74, 6) is -1.25. The van der Waals surface area contributed by atoms with E-state index in [1.54, 1.807) is 6.07 Å². The Bertz CT molecular complexity index is 673.